The number of aromatic nitrogens is 5. The van der Waals surface area contributed by atoms with E-state index in [9.17, 15) is 10.2 Å². The third kappa shape index (κ3) is 10.2. The SMILES string of the molecule is [Be+2].[O-]c1c(-c2[nH+]c3ccccc3s2)ccc2ccccc12.[O-]c1c(-c2[nH+]c3ccccc3s2)ccc2ccccc12.c1cnc2c([O][Al]([O]c3cccc4cccnc34)[O]c3cccc4cccnc34)cccc2c1. The number of rotatable bonds is 8. The number of para-hydroxylation sites is 5. The molecule has 0 aliphatic carbocycles. The quantitative estimate of drug-likeness (QED) is 0.137. The van der Waals surface area contributed by atoms with Crippen LogP contribution in [0.3, 0.4) is 0 Å². The number of hydrogen-bond acceptors (Lipinski definition) is 10. The van der Waals surface area contributed by atoms with Crippen LogP contribution in [0.1, 0.15) is 0 Å². The van der Waals surface area contributed by atoms with Crippen molar-refractivity contribution in [3.63, 3.8) is 0 Å². The summed E-state index contributed by atoms with van der Waals surface area (Å²) in [6, 6.07) is 68.5. The zero-order valence-electron chi connectivity index (χ0n) is 39.9. The first-order valence-corrected chi connectivity index (χ1v) is 26.8. The summed E-state index contributed by atoms with van der Waals surface area (Å²) < 4.78 is 21.6. The van der Waals surface area contributed by atoms with Gasteiger partial charge in [0.05, 0.1) is 11.1 Å². The van der Waals surface area contributed by atoms with Gasteiger partial charge in [0.25, 0.3) is 10.0 Å². The van der Waals surface area contributed by atoms with Gasteiger partial charge in [0.1, 0.15) is 43.2 Å². The number of benzene rings is 9. The fraction of sp³-hybridized carbons (Fsp3) is 0. The van der Waals surface area contributed by atoms with Crippen molar-refractivity contribution in [3.05, 3.63) is 231 Å². The molecule has 0 spiro atoms. The fourth-order valence-corrected chi connectivity index (χ4v) is 12.2. The second-order valence-electron chi connectivity index (χ2n) is 17.1. The maximum absolute atomic E-state index is 12.6. The average molecular weight is 1020 g/mol. The van der Waals surface area contributed by atoms with Gasteiger partial charge in [-0.05, 0) is 82.2 Å². The van der Waals surface area contributed by atoms with Crippen molar-refractivity contribution < 1.29 is 31.5 Å². The molecule has 14 rings (SSSR count). The van der Waals surface area contributed by atoms with Gasteiger partial charge in [-0.1, -0.05) is 174 Å². The summed E-state index contributed by atoms with van der Waals surface area (Å²) in [5, 5.41) is 33.5. The van der Waals surface area contributed by atoms with E-state index in [0.29, 0.717) is 17.2 Å². The maximum atomic E-state index is 12.6. The van der Waals surface area contributed by atoms with Gasteiger partial charge in [0.15, 0.2) is 0 Å². The Morgan fingerprint density at radius 3 is 1.11 bits per heavy atom. The number of nitrogens with one attached hydrogen (secondary N) is 2. The number of hydrogen-bond donors (Lipinski definition) is 0. The van der Waals surface area contributed by atoms with Crippen molar-refractivity contribution in [3.8, 4) is 49.9 Å². The van der Waals surface area contributed by atoms with Crippen LogP contribution >= 0.6 is 22.7 Å². The molecule has 75 heavy (non-hydrogen) atoms. The van der Waals surface area contributed by atoms with Crippen LogP contribution in [0.2, 0.25) is 0 Å². The normalized spacial score (nSPS) is 10.9. The van der Waals surface area contributed by atoms with Gasteiger partial charge in [0, 0.05) is 46.9 Å². The monoisotopic (exact) mass is 1020 g/mol. The summed E-state index contributed by atoms with van der Waals surface area (Å²) in [4.78, 5) is 20.2. The van der Waals surface area contributed by atoms with Crippen LogP contribution in [0.4, 0.5) is 0 Å². The summed E-state index contributed by atoms with van der Waals surface area (Å²) in [7, 11) is 0. The van der Waals surface area contributed by atoms with Gasteiger partial charge >= 0.3 is 25.3 Å². The van der Waals surface area contributed by atoms with Crippen LogP contribution in [-0.4, -0.2) is 40.2 Å². The zero-order chi connectivity index (χ0) is 49.8. The van der Waals surface area contributed by atoms with E-state index in [1.54, 1.807) is 41.3 Å². The summed E-state index contributed by atoms with van der Waals surface area (Å²) in [5.41, 5.74) is 5.88. The van der Waals surface area contributed by atoms with Crippen LogP contribution in [0.25, 0.3) is 95.8 Å². The molecule has 5 aromatic heterocycles. The minimum Gasteiger partial charge on any atom is -0.871 e. The Bertz CT molecular complexity index is 3920. The van der Waals surface area contributed by atoms with Crippen molar-refractivity contribution in [2.45, 2.75) is 0 Å². The van der Waals surface area contributed by atoms with Gasteiger partial charge in [-0.25, -0.2) is 0 Å². The molecule has 0 amide bonds. The van der Waals surface area contributed by atoms with E-state index in [-0.39, 0.29) is 21.6 Å². The van der Waals surface area contributed by atoms with E-state index in [4.69, 9.17) is 11.4 Å². The molecule has 0 saturated heterocycles. The Morgan fingerprint density at radius 1 is 0.360 bits per heavy atom. The van der Waals surface area contributed by atoms with Gasteiger partial charge in [-0.2, -0.15) is 9.97 Å². The predicted molar refractivity (Wildman–Crippen MR) is 300 cm³/mol. The van der Waals surface area contributed by atoms with Crippen molar-refractivity contribution in [1.82, 2.24) is 15.0 Å². The molecule has 0 aliphatic heterocycles. The van der Waals surface area contributed by atoms with Crippen molar-refractivity contribution in [1.29, 1.82) is 0 Å². The Kier molecular flexibility index (Phi) is 14.1. The molecule has 0 radical (unpaired) electrons. The van der Waals surface area contributed by atoms with Crippen molar-refractivity contribution in [2.24, 2.45) is 0 Å². The van der Waals surface area contributed by atoms with E-state index >= 15 is 0 Å². The summed E-state index contributed by atoms with van der Waals surface area (Å²) in [6.45, 7) is 0. The Labute approximate surface area is 447 Å². The molecular formula is C61H40AlBeN5O5S2+2. The second-order valence-corrected chi connectivity index (χ2v) is 20.5. The van der Waals surface area contributed by atoms with Crippen LogP contribution in [0.15, 0.2) is 231 Å². The zero-order valence-corrected chi connectivity index (χ0v) is 42.7. The summed E-state index contributed by atoms with van der Waals surface area (Å²) in [6.07, 6.45) is 5.24. The Hall–Kier alpha value is -8.79. The van der Waals surface area contributed by atoms with E-state index in [0.717, 1.165) is 95.8 Å². The van der Waals surface area contributed by atoms with Crippen LogP contribution < -0.4 is 31.5 Å². The fourth-order valence-electron chi connectivity index (χ4n) is 8.82. The van der Waals surface area contributed by atoms with E-state index in [1.807, 2.05) is 200 Å². The summed E-state index contributed by atoms with van der Waals surface area (Å²) in [5.74, 6) is 2.00. The molecule has 0 unspecified atom stereocenters. The molecule has 5 heterocycles. The first-order chi connectivity index (χ1) is 36.5. The van der Waals surface area contributed by atoms with Crippen molar-refractivity contribution in [2.75, 3.05) is 0 Å². The first-order valence-electron chi connectivity index (χ1n) is 23.7. The van der Waals surface area contributed by atoms with E-state index in [2.05, 4.69) is 37.1 Å². The van der Waals surface area contributed by atoms with E-state index < -0.39 is 15.1 Å². The first kappa shape index (κ1) is 48.5. The third-order valence-corrected chi connectivity index (χ3v) is 15.9. The number of thiazole rings is 2. The topological polar surface area (TPSA) is 141 Å². The van der Waals surface area contributed by atoms with Crippen molar-refractivity contribution >= 4 is 123 Å². The molecule has 9 aromatic carbocycles. The minimum atomic E-state index is -2.86. The predicted octanol–water partition coefficient (Wildman–Crippen LogP) is 12.7. The largest absolute Gasteiger partial charge is 2.00 e. The maximum Gasteiger partial charge on any atom is 2.00 e. The van der Waals surface area contributed by atoms with Gasteiger partial charge in [-0.15, -0.1) is 0 Å². The smallest absolute Gasteiger partial charge is 0.871 e. The molecule has 10 nitrogen and oxygen atoms in total. The van der Waals surface area contributed by atoms with Crippen LogP contribution in [-0.2, 0) is 0 Å². The molecule has 0 aliphatic rings. The third-order valence-electron chi connectivity index (χ3n) is 12.4. The minimum absolute atomic E-state index is 0. The Balaban J connectivity index is 0.000000127. The molecule has 14 aromatic rings. The standard InChI is InChI=1S/2C17H11NOS.3C9H7NO.Al.Be/c2*19-16-12-6-2-1-5-11(12)9-10-13(16)17-18-14-7-3-4-8-15(14)20-17;3*11-8-5-1-3-7-4-2-6-10-9(7)8;;/h2*1-10,19H;3*1-6,11H;;/q;;;;;+3;+2/p-3. The number of aromatic amines is 2. The Morgan fingerprint density at radius 2 is 0.707 bits per heavy atom. The number of pyridine rings is 3. The summed E-state index contributed by atoms with van der Waals surface area (Å²) >= 11 is 0.379. The average Bonchev–Trinajstić information content (AvgIpc) is 4.10. The molecule has 14 heteroatoms. The van der Waals surface area contributed by atoms with E-state index in [1.165, 1.54) is 0 Å². The number of nitrogens with zero attached hydrogens (tertiary/aromatic N) is 3. The second kappa shape index (κ2) is 21.7. The number of H-pyrrole nitrogens is 2. The van der Waals surface area contributed by atoms with Gasteiger partial charge in [-0.3, -0.25) is 15.0 Å². The van der Waals surface area contributed by atoms with Crippen LogP contribution in [0.5, 0.6) is 28.7 Å². The molecule has 354 valence electrons. The molecule has 0 bridgehead atoms. The molecule has 0 fully saturated rings. The molecule has 0 saturated carbocycles. The van der Waals surface area contributed by atoms with Gasteiger partial charge in [0.2, 0.25) is 11.0 Å². The van der Waals surface area contributed by atoms with Crippen LogP contribution in [0, 0.1) is 0 Å². The molecular weight excluding hydrogens is 983 g/mol. The number of fused-ring (bicyclic) bond motifs is 7. The molecule has 2 N–H and O–H groups in total. The molecule has 0 atom stereocenters. The van der Waals surface area contributed by atoms with Gasteiger partial charge < -0.3 is 21.6 Å².